The number of hydrogen-bond acceptors (Lipinski definition) is 23. The summed E-state index contributed by atoms with van der Waals surface area (Å²) in [5.41, 5.74) is -3.14. The lowest BCUT2D eigenvalue weighted by Crippen LogP contribution is -2.50. The van der Waals surface area contributed by atoms with Crippen LogP contribution in [0.1, 0.15) is 20.8 Å². The highest BCUT2D eigenvalue weighted by Gasteiger charge is 2.65. The summed E-state index contributed by atoms with van der Waals surface area (Å²) in [6.45, 7) is 3.64. The maximum absolute atomic E-state index is 11.8. The van der Waals surface area contributed by atoms with Crippen LogP contribution in [-0.4, -0.2) is 182 Å². The van der Waals surface area contributed by atoms with Crippen LogP contribution in [0.3, 0.4) is 0 Å². The third kappa shape index (κ3) is 8.66. The smallest absolute Gasteiger partial charge is 0.337 e. The Morgan fingerprint density at radius 1 is 0.724 bits per heavy atom. The molecule has 0 amide bonds. The van der Waals surface area contributed by atoms with Crippen molar-refractivity contribution in [2.75, 3.05) is 27.9 Å². The standard InChI is InChI=1S/C13H19NO8.2C11H16O7/c1-13(19)8-7(9(16)10(13)17)6(11(18)20-2)5-21-12(8)22-14-3-4-15;1-11(16)6-5(7(12)8(11)13)4(9(14)17-2)3-18-10(6)15;1-11(17)6(4-13)7(8(14)9(11)15)5(3-12)10(16)18-2/h4-5,7-10,12,14,16-17,19H,3H2,1-2H3;3,5-8,10,12-13,15-16H,1-2H3;3-9,14-15,17H,1-2H3/t7-,8-,9+,10+,12?,13-;5-,6-,7+,8+,10?,11-;5?,6-,7+,8-,9-,11+/m110/s1. The summed E-state index contributed by atoms with van der Waals surface area (Å²) in [6.07, 6.45) is -8.29. The predicted octanol–water partition coefficient (Wildman–Crippen LogP) is -6.16. The van der Waals surface area contributed by atoms with Crippen molar-refractivity contribution < 1.29 is 108 Å². The van der Waals surface area contributed by atoms with Gasteiger partial charge in [0.25, 0.3) is 0 Å². The molecule has 3 unspecified atom stereocenters. The van der Waals surface area contributed by atoms with Gasteiger partial charge in [-0.2, -0.15) is 5.48 Å². The van der Waals surface area contributed by atoms with E-state index < -0.39 is 125 Å². The molecule has 11 N–H and O–H groups in total. The van der Waals surface area contributed by atoms with E-state index >= 15 is 0 Å². The van der Waals surface area contributed by atoms with Crippen LogP contribution in [0.4, 0.5) is 0 Å². The van der Waals surface area contributed by atoms with Gasteiger partial charge in [-0.1, -0.05) is 0 Å². The maximum Gasteiger partial charge on any atom is 0.337 e. The normalized spacial score (nSPS) is 42.7. The van der Waals surface area contributed by atoms with Crippen LogP contribution >= 0.6 is 0 Å². The average Bonchev–Trinajstić information content (AvgIpc) is 3.58. The topological polar surface area (TPSA) is 372 Å². The van der Waals surface area contributed by atoms with E-state index in [1.807, 2.05) is 0 Å². The molecule has 23 nitrogen and oxygen atoms in total. The Morgan fingerprint density at radius 3 is 1.64 bits per heavy atom. The summed E-state index contributed by atoms with van der Waals surface area (Å²) in [5.74, 6) is -10.1. The number of aliphatic hydroxyl groups excluding tert-OH is 7. The van der Waals surface area contributed by atoms with E-state index in [1.165, 1.54) is 35.0 Å². The fraction of sp³-hybridized carbons (Fsp3) is 0.714. The monoisotopic (exact) mass is 837 g/mol. The van der Waals surface area contributed by atoms with Crippen molar-refractivity contribution in [3.8, 4) is 0 Å². The van der Waals surface area contributed by atoms with E-state index in [2.05, 4.69) is 19.7 Å². The molecule has 3 aliphatic carbocycles. The van der Waals surface area contributed by atoms with Gasteiger partial charge >= 0.3 is 17.9 Å². The molecule has 0 radical (unpaired) electrons. The highest BCUT2D eigenvalue weighted by atomic mass is 16.8. The lowest BCUT2D eigenvalue weighted by molar-refractivity contribution is -0.227. The SMILES string of the molecule is COC(=O)C(C=O)[C@H]1[C@H](O)[C@H](O)[C@](C)(O)[C@H]1C=O.COC(=O)C1=COC(O)[C@H]2[C@@H]1[C@H](O)[C@H](O)[C@]2(C)O.COC(=O)C1=COC(ONCC=O)[C@H]2[C@@H]1[C@H](O)[C@H](O)[C@]2(C)O. The van der Waals surface area contributed by atoms with Gasteiger partial charge in [-0.05, 0) is 20.8 Å². The molecule has 3 fully saturated rings. The van der Waals surface area contributed by atoms with Gasteiger partial charge in [-0.15, -0.1) is 0 Å². The number of methoxy groups -OCH3 is 3. The minimum absolute atomic E-state index is 0.00735. The molecular weight excluding hydrogens is 786 g/mol. The molecule has 0 aromatic carbocycles. The molecule has 2 heterocycles. The van der Waals surface area contributed by atoms with Crippen molar-refractivity contribution >= 4 is 36.8 Å². The zero-order valence-electron chi connectivity index (χ0n) is 32.1. The lowest BCUT2D eigenvalue weighted by atomic mass is 9.80. The first-order chi connectivity index (χ1) is 27.0. The second kappa shape index (κ2) is 18.9. The van der Waals surface area contributed by atoms with Crippen LogP contribution < -0.4 is 5.48 Å². The first-order valence-electron chi connectivity index (χ1n) is 17.6. The second-order valence-corrected chi connectivity index (χ2v) is 14.8. The third-order valence-corrected chi connectivity index (χ3v) is 11.5. The molecule has 0 aromatic heterocycles. The number of aldehydes is 3. The summed E-state index contributed by atoms with van der Waals surface area (Å²) < 4.78 is 23.7. The number of esters is 3. The number of fused-ring (bicyclic) bond motifs is 2. The molecule has 5 aliphatic rings. The Balaban J connectivity index is 0.000000235. The molecule has 2 aliphatic heterocycles. The summed E-state index contributed by atoms with van der Waals surface area (Å²) in [6, 6.07) is 0. The fourth-order valence-electron chi connectivity index (χ4n) is 8.23. The molecule has 18 atom stereocenters. The second-order valence-electron chi connectivity index (χ2n) is 14.8. The number of nitrogens with one attached hydrogen (secondary N) is 1. The van der Waals surface area contributed by atoms with Gasteiger partial charge in [-0.3, -0.25) is 9.63 Å². The van der Waals surface area contributed by atoms with E-state index in [1.54, 1.807) is 0 Å². The number of hydrogen-bond donors (Lipinski definition) is 11. The van der Waals surface area contributed by atoms with Crippen LogP contribution in [0.15, 0.2) is 23.7 Å². The zero-order valence-corrected chi connectivity index (χ0v) is 32.1. The summed E-state index contributed by atoms with van der Waals surface area (Å²) in [4.78, 5) is 72.1. The van der Waals surface area contributed by atoms with Crippen molar-refractivity contribution in [1.82, 2.24) is 5.48 Å². The minimum atomic E-state index is -1.90. The van der Waals surface area contributed by atoms with Gasteiger partial charge in [0.15, 0.2) is 0 Å². The van der Waals surface area contributed by atoms with Gasteiger partial charge in [-0.25, -0.2) is 9.59 Å². The fourth-order valence-corrected chi connectivity index (χ4v) is 8.23. The summed E-state index contributed by atoms with van der Waals surface area (Å²) in [5, 5.41) is 99.7. The van der Waals surface area contributed by atoms with E-state index in [4.69, 9.17) is 14.3 Å². The summed E-state index contributed by atoms with van der Waals surface area (Å²) in [7, 11) is 3.39. The number of aliphatic hydroxyl groups is 10. The van der Waals surface area contributed by atoms with E-state index in [9.17, 15) is 79.8 Å². The van der Waals surface area contributed by atoms with Crippen molar-refractivity contribution in [3.63, 3.8) is 0 Å². The van der Waals surface area contributed by atoms with Gasteiger partial charge in [0.1, 0.15) is 48.7 Å². The van der Waals surface area contributed by atoms with Crippen LogP contribution in [0, 0.1) is 41.4 Å². The number of rotatable bonds is 10. The first-order valence-corrected chi connectivity index (χ1v) is 17.6. The van der Waals surface area contributed by atoms with Gasteiger partial charge < -0.3 is 89.1 Å². The number of carbonyl (C=O) groups is 6. The molecule has 328 valence electrons. The van der Waals surface area contributed by atoms with Crippen LogP contribution in [0.5, 0.6) is 0 Å². The molecular formula is C35H51NO22. The minimum Gasteiger partial charge on any atom is -0.472 e. The Bertz CT molecular complexity index is 1580. The van der Waals surface area contributed by atoms with Crippen molar-refractivity contribution in [2.45, 2.75) is 86.8 Å². The quantitative estimate of drug-likeness (QED) is 0.0243. The van der Waals surface area contributed by atoms with Crippen LogP contribution in [0.25, 0.3) is 0 Å². The highest BCUT2D eigenvalue weighted by molar-refractivity contribution is 5.90. The van der Waals surface area contributed by atoms with E-state index in [0.29, 0.717) is 12.6 Å². The Labute approximate surface area is 330 Å². The number of ether oxygens (including phenoxy) is 5. The first kappa shape index (κ1) is 48.4. The van der Waals surface area contributed by atoms with Crippen molar-refractivity contribution in [2.24, 2.45) is 41.4 Å². The molecule has 58 heavy (non-hydrogen) atoms. The molecule has 23 heteroatoms. The molecule has 0 bridgehead atoms. The Morgan fingerprint density at radius 2 is 1.19 bits per heavy atom. The van der Waals surface area contributed by atoms with Gasteiger partial charge in [0, 0.05) is 17.8 Å². The Kier molecular flexibility index (Phi) is 15.8. The van der Waals surface area contributed by atoms with Gasteiger partial charge in [0.05, 0.1) is 98.8 Å². The summed E-state index contributed by atoms with van der Waals surface area (Å²) >= 11 is 0. The van der Waals surface area contributed by atoms with Crippen LogP contribution in [0.2, 0.25) is 0 Å². The Hall–Kier alpha value is -3.98. The number of carbonyl (C=O) groups excluding carboxylic acids is 6. The molecule has 0 aromatic rings. The van der Waals surface area contributed by atoms with E-state index in [0.717, 1.165) is 19.6 Å². The van der Waals surface area contributed by atoms with Crippen LogP contribution in [-0.2, 0) is 57.3 Å². The van der Waals surface area contributed by atoms with Crippen molar-refractivity contribution in [3.05, 3.63) is 23.7 Å². The third-order valence-electron chi connectivity index (χ3n) is 11.5. The molecule has 3 saturated carbocycles. The molecule has 5 rings (SSSR count). The maximum atomic E-state index is 11.8. The average molecular weight is 838 g/mol. The predicted molar refractivity (Wildman–Crippen MR) is 184 cm³/mol. The van der Waals surface area contributed by atoms with Gasteiger partial charge in [0.2, 0.25) is 12.6 Å². The van der Waals surface area contributed by atoms with Crippen molar-refractivity contribution in [1.29, 1.82) is 0 Å². The molecule has 0 saturated heterocycles. The zero-order chi connectivity index (χ0) is 44.2. The largest absolute Gasteiger partial charge is 0.472 e. The number of hydroxylamine groups is 1. The van der Waals surface area contributed by atoms with E-state index in [-0.39, 0.29) is 24.0 Å². The lowest BCUT2D eigenvalue weighted by Gasteiger charge is -2.38. The molecule has 0 spiro atoms. The highest BCUT2D eigenvalue weighted by Crippen LogP contribution is 2.50.